The first-order valence-electron chi connectivity index (χ1n) is 24.3. The summed E-state index contributed by atoms with van der Waals surface area (Å²) in [4.78, 5) is 2.52. The molecular weight excluding hydrogens is 823 g/mol. The Kier molecular flexibility index (Phi) is 9.29. The lowest BCUT2D eigenvalue weighted by Gasteiger charge is -2.35. The monoisotopic (exact) mass is 879 g/mol. The third kappa shape index (κ3) is 6.16. The molecule has 332 valence electrons. The van der Waals surface area contributed by atoms with Gasteiger partial charge in [-0.05, 0) is 120 Å². The zero-order valence-corrected chi connectivity index (χ0v) is 40.4. The lowest BCUT2D eigenvalue weighted by atomic mass is 9.67. The Labute approximate surface area is 401 Å². The van der Waals surface area contributed by atoms with Gasteiger partial charge in [-0.3, -0.25) is 0 Å². The summed E-state index contributed by atoms with van der Waals surface area (Å²) in [6.07, 6.45) is 0. The van der Waals surface area contributed by atoms with Crippen LogP contribution in [0.4, 0.5) is 17.1 Å². The van der Waals surface area contributed by atoms with E-state index in [-0.39, 0.29) is 16.2 Å². The minimum absolute atomic E-state index is 0.0523. The van der Waals surface area contributed by atoms with Gasteiger partial charge in [-0.1, -0.05) is 213 Å². The molecule has 0 saturated heterocycles. The Morgan fingerprint density at radius 1 is 0.441 bits per heavy atom. The van der Waals surface area contributed by atoms with Gasteiger partial charge in [0, 0.05) is 38.7 Å². The molecule has 1 heterocycles. The summed E-state index contributed by atoms with van der Waals surface area (Å²) in [6, 6.07) is 74.8. The molecule has 0 bridgehead atoms. The summed E-state index contributed by atoms with van der Waals surface area (Å²) < 4.78 is 7.08. The van der Waals surface area contributed by atoms with Crippen molar-refractivity contribution in [2.75, 3.05) is 4.90 Å². The van der Waals surface area contributed by atoms with Gasteiger partial charge in [0.05, 0.1) is 11.1 Å². The van der Waals surface area contributed by atoms with Gasteiger partial charge in [-0.25, -0.2) is 0 Å². The van der Waals surface area contributed by atoms with Gasteiger partial charge >= 0.3 is 0 Å². The van der Waals surface area contributed by atoms with E-state index in [0.717, 1.165) is 28.2 Å². The van der Waals surface area contributed by atoms with E-state index in [9.17, 15) is 0 Å². The maximum Gasteiger partial charge on any atom is 0.139 e. The zero-order chi connectivity index (χ0) is 46.7. The molecule has 0 radical (unpaired) electrons. The summed E-state index contributed by atoms with van der Waals surface area (Å²) >= 11 is 0. The number of anilines is 3. The van der Waals surface area contributed by atoms with Crippen LogP contribution in [0.5, 0.6) is 0 Å². The number of fused-ring (bicyclic) bond motifs is 10. The Morgan fingerprint density at radius 2 is 1.01 bits per heavy atom. The van der Waals surface area contributed by atoms with E-state index in [1.54, 1.807) is 0 Å². The second kappa shape index (κ2) is 15.0. The summed E-state index contributed by atoms with van der Waals surface area (Å²) in [7, 11) is 0. The van der Waals surface area contributed by atoms with Crippen LogP contribution in [-0.2, 0) is 21.7 Å². The van der Waals surface area contributed by atoms with Crippen molar-refractivity contribution in [3.8, 4) is 33.4 Å². The van der Waals surface area contributed by atoms with Crippen LogP contribution in [0.3, 0.4) is 0 Å². The van der Waals surface area contributed by atoms with Crippen LogP contribution in [0.2, 0.25) is 0 Å². The van der Waals surface area contributed by atoms with E-state index in [4.69, 9.17) is 4.42 Å². The number of benzene rings is 9. The molecule has 2 heteroatoms. The molecule has 12 rings (SSSR count). The normalized spacial score (nSPS) is 14.4. The molecule has 2 nitrogen and oxygen atoms in total. The molecule has 0 spiro atoms. The van der Waals surface area contributed by atoms with E-state index in [1.165, 1.54) is 88.7 Å². The zero-order valence-electron chi connectivity index (χ0n) is 40.4. The van der Waals surface area contributed by atoms with Gasteiger partial charge in [-0.2, -0.15) is 0 Å². The number of nitrogens with zero attached hydrogens (tertiary/aromatic N) is 1. The molecule has 0 unspecified atom stereocenters. The molecule has 0 fully saturated rings. The molecule has 2 aliphatic rings. The van der Waals surface area contributed by atoms with Crippen molar-refractivity contribution in [2.24, 2.45) is 0 Å². The number of furan rings is 1. The van der Waals surface area contributed by atoms with Gasteiger partial charge in [0.2, 0.25) is 0 Å². The SMILES string of the molecule is CC(C)(C)c1cc(C(C)(C)C)c2oc3ccc4c(c3c2c1)-c1c(N(c2ccc(-c3ccccc3)cc2)c2cccc(C3(c5ccccc5)c5ccccc5-c5ccccc53)c2)cccc1C4(C)C. The van der Waals surface area contributed by atoms with Crippen molar-refractivity contribution in [2.45, 2.75) is 77.0 Å². The van der Waals surface area contributed by atoms with E-state index in [0.29, 0.717) is 0 Å². The fourth-order valence-electron chi connectivity index (χ4n) is 11.8. The summed E-state index contributed by atoms with van der Waals surface area (Å²) in [6.45, 7) is 18.7. The highest BCUT2D eigenvalue weighted by Gasteiger charge is 2.46. The minimum atomic E-state index is -0.544. The number of rotatable bonds is 6. The van der Waals surface area contributed by atoms with Crippen LogP contribution in [0.25, 0.3) is 55.3 Å². The standard InChI is InChI=1S/C66H57NO/c1-63(2,3)46-40-51-59-58(68-62(51)56(41-46)64(4,5)6)38-37-55-61(59)60-54(65(55,7)8)31-20-32-57(60)67(47-35-33-43(34-36-47)42-21-11-9-12-22-42)48-26-19-25-45(39-48)66(44-23-13-10-14-24-44)52-29-17-15-27-49(52)50-28-16-18-30-53(50)66/h9-41H,1-8H3. The van der Waals surface area contributed by atoms with Crippen LogP contribution < -0.4 is 4.90 Å². The Bertz CT molecular complexity index is 3550. The molecule has 0 atom stereocenters. The van der Waals surface area contributed by atoms with Crippen LogP contribution >= 0.6 is 0 Å². The third-order valence-corrected chi connectivity index (χ3v) is 15.2. The van der Waals surface area contributed by atoms with Gasteiger partial charge in [0.25, 0.3) is 0 Å². The summed E-state index contributed by atoms with van der Waals surface area (Å²) in [5.41, 5.74) is 22.0. The molecule has 0 saturated carbocycles. The lowest BCUT2D eigenvalue weighted by Crippen LogP contribution is -2.28. The maximum absolute atomic E-state index is 7.08. The van der Waals surface area contributed by atoms with Gasteiger partial charge in [-0.15, -0.1) is 0 Å². The summed E-state index contributed by atoms with van der Waals surface area (Å²) in [5, 5.41) is 2.39. The highest BCUT2D eigenvalue weighted by Crippen LogP contribution is 2.60. The van der Waals surface area contributed by atoms with Crippen molar-refractivity contribution in [3.05, 3.63) is 245 Å². The van der Waals surface area contributed by atoms with Crippen LogP contribution in [0.1, 0.15) is 99.9 Å². The second-order valence-corrected chi connectivity index (χ2v) is 21.7. The molecule has 68 heavy (non-hydrogen) atoms. The fourth-order valence-corrected chi connectivity index (χ4v) is 11.8. The van der Waals surface area contributed by atoms with Crippen molar-refractivity contribution >= 4 is 39.0 Å². The van der Waals surface area contributed by atoms with Gasteiger partial charge in [0.1, 0.15) is 11.2 Å². The molecule has 0 amide bonds. The molecule has 0 N–H and O–H groups in total. The van der Waals surface area contributed by atoms with Crippen LogP contribution in [0.15, 0.2) is 205 Å². The minimum Gasteiger partial charge on any atom is -0.456 e. The molecule has 10 aromatic rings. The van der Waals surface area contributed by atoms with Crippen molar-refractivity contribution in [1.29, 1.82) is 0 Å². The van der Waals surface area contributed by atoms with E-state index in [1.807, 2.05) is 0 Å². The van der Waals surface area contributed by atoms with Crippen molar-refractivity contribution in [3.63, 3.8) is 0 Å². The average molecular weight is 880 g/mol. The maximum atomic E-state index is 7.08. The molecule has 1 aromatic heterocycles. The van der Waals surface area contributed by atoms with E-state index < -0.39 is 5.41 Å². The highest BCUT2D eigenvalue weighted by atomic mass is 16.3. The highest BCUT2D eigenvalue weighted by molar-refractivity contribution is 6.17. The van der Waals surface area contributed by atoms with Crippen LogP contribution in [0, 0.1) is 0 Å². The molecular formula is C66H57NO. The average Bonchev–Trinajstić information content (AvgIpc) is 3.96. The Hall–Kier alpha value is -7.42. The predicted octanol–water partition coefficient (Wildman–Crippen LogP) is 18.0. The first-order valence-corrected chi connectivity index (χ1v) is 24.3. The van der Waals surface area contributed by atoms with Crippen LogP contribution in [-0.4, -0.2) is 0 Å². The topological polar surface area (TPSA) is 16.4 Å². The van der Waals surface area contributed by atoms with Crippen molar-refractivity contribution < 1.29 is 4.42 Å². The van der Waals surface area contributed by atoms with Crippen molar-refractivity contribution in [1.82, 2.24) is 0 Å². The summed E-state index contributed by atoms with van der Waals surface area (Å²) in [5.74, 6) is 0. The number of hydrogen-bond acceptors (Lipinski definition) is 2. The Morgan fingerprint density at radius 3 is 1.68 bits per heavy atom. The molecule has 2 aliphatic carbocycles. The smallest absolute Gasteiger partial charge is 0.139 e. The second-order valence-electron chi connectivity index (χ2n) is 21.7. The van der Waals surface area contributed by atoms with E-state index in [2.05, 4.69) is 260 Å². The first kappa shape index (κ1) is 42.0. The number of hydrogen-bond donors (Lipinski definition) is 0. The molecule has 9 aromatic carbocycles. The Balaban J connectivity index is 1.16. The molecule has 0 aliphatic heterocycles. The van der Waals surface area contributed by atoms with Gasteiger partial charge < -0.3 is 9.32 Å². The third-order valence-electron chi connectivity index (χ3n) is 15.2. The largest absolute Gasteiger partial charge is 0.456 e. The first-order chi connectivity index (χ1) is 32.8. The van der Waals surface area contributed by atoms with E-state index >= 15 is 0 Å². The lowest BCUT2D eigenvalue weighted by molar-refractivity contribution is 0.559. The van der Waals surface area contributed by atoms with Gasteiger partial charge in [0.15, 0.2) is 0 Å². The predicted molar refractivity (Wildman–Crippen MR) is 286 cm³/mol. The fraction of sp³-hybridized carbons (Fsp3) is 0.182. The quantitative estimate of drug-likeness (QED) is 0.165.